The third-order valence-corrected chi connectivity index (χ3v) is 4.37. The second-order valence-corrected chi connectivity index (χ2v) is 5.38. The van der Waals surface area contributed by atoms with E-state index >= 15 is 0 Å². The van der Waals surface area contributed by atoms with Crippen LogP contribution >= 0.6 is 11.8 Å². The third kappa shape index (κ3) is 2.30. The van der Waals surface area contributed by atoms with Crippen molar-refractivity contribution in [2.24, 2.45) is 11.8 Å². The van der Waals surface area contributed by atoms with Gasteiger partial charge in [-0.25, -0.2) is 0 Å². The molecule has 16 heavy (non-hydrogen) atoms. The van der Waals surface area contributed by atoms with Gasteiger partial charge in [-0.1, -0.05) is 37.3 Å². The van der Waals surface area contributed by atoms with E-state index < -0.39 is 6.10 Å². The maximum atomic E-state index is 12.0. The van der Waals surface area contributed by atoms with E-state index in [0.717, 1.165) is 17.1 Å². The van der Waals surface area contributed by atoms with Crippen molar-refractivity contribution in [3.63, 3.8) is 0 Å². The van der Waals surface area contributed by atoms with E-state index in [0.29, 0.717) is 0 Å². The number of carbonyl (C=O) groups excluding carboxylic acids is 1. The number of Topliss-reactive ketones (excluding diaryl/α,β-unsaturated/α-hetero) is 1. The van der Waals surface area contributed by atoms with Crippen molar-refractivity contribution in [1.29, 1.82) is 0 Å². The quantitative estimate of drug-likeness (QED) is 0.856. The molecule has 0 saturated carbocycles. The summed E-state index contributed by atoms with van der Waals surface area (Å²) in [6, 6.07) is 9.45. The monoisotopic (exact) mass is 236 g/mol. The Morgan fingerprint density at radius 1 is 1.31 bits per heavy atom. The first-order valence-electron chi connectivity index (χ1n) is 5.54. The Kier molecular flexibility index (Phi) is 3.66. The zero-order valence-electron chi connectivity index (χ0n) is 9.30. The molecule has 2 nitrogen and oxygen atoms in total. The molecule has 1 aliphatic heterocycles. The average molecular weight is 236 g/mol. The summed E-state index contributed by atoms with van der Waals surface area (Å²) in [6.45, 7) is 1.94. The summed E-state index contributed by atoms with van der Waals surface area (Å²) in [5.74, 6) is 1.66. The van der Waals surface area contributed by atoms with Gasteiger partial charge in [-0.3, -0.25) is 4.79 Å². The number of rotatable bonds is 2. The summed E-state index contributed by atoms with van der Waals surface area (Å²) >= 11 is 1.76. The van der Waals surface area contributed by atoms with Crippen molar-refractivity contribution >= 4 is 17.5 Å². The molecule has 1 aliphatic rings. The Morgan fingerprint density at radius 3 is 2.69 bits per heavy atom. The molecular weight excluding hydrogens is 220 g/mol. The van der Waals surface area contributed by atoms with Crippen molar-refractivity contribution < 1.29 is 9.90 Å². The maximum absolute atomic E-state index is 12.0. The number of carbonyl (C=O) groups is 1. The second-order valence-electron chi connectivity index (χ2n) is 4.30. The molecule has 1 saturated heterocycles. The predicted molar refractivity (Wildman–Crippen MR) is 66.4 cm³/mol. The Hall–Kier alpha value is -0.800. The highest BCUT2D eigenvalue weighted by Crippen LogP contribution is 2.33. The number of hydrogen-bond donors (Lipinski definition) is 1. The maximum Gasteiger partial charge on any atom is 0.143 e. The fourth-order valence-corrected chi connectivity index (χ4v) is 3.29. The molecule has 0 spiro atoms. The minimum absolute atomic E-state index is 0.0714. The minimum Gasteiger partial charge on any atom is -0.388 e. The van der Waals surface area contributed by atoms with E-state index in [4.69, 9.17) is 0 Å². The van der Waals surface area contributed by atoms with Gasteiger partial charge in [0.1, 0.15) is 5.78 Å². The first-order chi connectivity index (χ1) is 7.70. The number of aliphatic hydroxyl groups excluding tert-OH is 1. The predicted octanol–water partition coefficient (Wildman–Crippen LogP) is 2.29. The van der Waals surface area contributed by atoms with Crippen LogP contribution in [0.1, 0.15) is 18.6 Å². The van der Waals surface area contributed by atoms with E-state index in [1.807, 2.05) is 37.3 Å². The van der Waals surface area contributed by atoms with Crippen LogP contribution < -0.4 is 0 Å². The van der Waals surface area contributed by atoms with Gasteiger partial charge in [0, 0.05) is 17.4 Å². The van der Waals surface area contributed by atoms with Gasteiger partial charge in [-0.15, -0.1) is 0 Å². The Balaban J connectivity index is 2.15. The number of thioether (sulfide) groups is 1. The summed E-state index contributed by atoms with van der Waals surface area (Å²) < 4.78 is 0. The van der Waals surface area contributed by atoms with Gasteiger partial charge in [0.25, 0.3) is 0 Å². The fourth-order valence-electron chi connectivity index (χ4n) is 2.03. The first kappa shape index (κ1) is 11.7. The molecule has 1 fully saturated rings. The molecule has 1 aromatic carbocycles. The Morgan fingerprint density at radius 2 is 2.00 bits per heavy atom. The van der Waals surface area contributed by atoms with Crippen LogP contribution in [-0.2, 0) is 4.79 Å². The summed E-state index contributed by atoms with van der Waals surface area (Å²) in [7, 11) is 0. The molecule has 0 bridgehead atoms. The first-order valence-corrected chi connectivity index (χ1v) is 6.70. The van der Waals surface area contributed by atoms with Gasteiger partial charge >= 0.3 is 0 Å². The van der Waals surface area contributed by atoms with Gasteiger partial charge in [0.05, 0.1) is 12.0 Å². The molecule has 0 aliphatic carbocycles. The minimum atomic E-state index is -0.649. The van der Waals surface area contributed by atoms with E-state index in [1.54, 1.807) is 11.8 Å². The summed E-state index contributed by atoms with van der Waals surface area (Å²) in [5.41, 5.74) is 0.843. The molecule has 0 aromatic heterocycles. The Labute approximate surface area is 100 Å². The molecule has 3 heteroatoms. The molecular formula is C13H16O2S. The summed E-state index contributed by atoms with van der Waals surface area (Å²) in [5, 5.41) is 10.2. The van der Waals surface area contributed by atoms with Gasteiger partial charge in [0.2, 0.25) is 0 Å². The topological polar surface area (TPSA) is 37.3 Å². The highest BCUT2D eigenvalue weighted by molar-refractivity contribution is 7.99. The smallest absolute Gasteiger partial charge is 0.143 e. The molecule has 86 valence electrons. The fraction of sp³-hybridized carbons (Fsp3) is 0.462. The van der Waals surface area contributed by atoms with Crippen molar-refractivity contribution in [2.75, 3.05) is 11.5 Å². The molecule has 0 amide bonds. The van der Waals surface area contributed by atoms with Crippen molar-refractivity contribution in [1.82, 2.24) is 0 Å². The van der Waals surface area contributed by atoms with Gasteiger partial charge in [0.15, 0.2) is 0 Å². The largest absolute Gasteiger partial charge is 0.388 e. The highest BCUT2D eigenvalue weighted by atomic mass is 32.2. The standard InChI is InChI=1S/C13H16O2S/c1-9-7-16-8-11(12(9)14)13(15)10-5-3-2-4-6-10/h2-6,9,11,13,15H,7-8H2,1H3/t9-,11-,13+/m1/s1. The number of ketones is 1. The summed E-state index contributed by atoms with van der Waals surface area (Å²) in [6.07, 6.45) is -0.649. The molecule has 3 atom stereocenters. The normalized spacial score (nSPS) is 27.8. The van der Waals surface area contributed by atoms with E-state index in [9.17, 15) is 9.90 Å². The van der Waals surface area contributed by atoms with Crippen LogP contribution in [0.15, 0.2) is 30.3 Å². The lowest BCUT2D eigenvalue weighted by molar-refractivity contribution is -0.128. The van der Waals surface area contributed by atoms with Crippen LogP contribution in [0.3, 0.4) is 0 Å². The molecule has 1 N–H and O–H groups in total. The molecule has 1 aromatic rings. The van der Waals surface area contributed by atoms with Crippen LogP contribution in [0, 0.1) is 11.8 Å². The van der Waals surface area contributed by atoms with Gasteiger partial charge in [-0.05, 0) is 5.56 Å². The zero-order chi connectivity index (χ0) is 11.5. The van der Waals surface area contributed by atoms with Gasteiger partial charge in [-0.2, -0.15) is 11.8 Å². The van der Waals surface area contributed by atoms with Crippen LogP contribution in [-0.4, -0.2) is 22.4 Å². The van der Waals surface area contributed by atoms with Crippen LogP contribution in [0.25, 0.3) is 0 Å². The van der Waals surface area contributed by atoms with Gasteiger partial charge < -0.3 is 5.11 Å². The van der Waals surface area contributed by atoms with E-state index in [-0.39, 0.29) is 17.6 Å². The molecule has 0 radical (unpaired) electrons. The van der Waals surface area contributed by atoms with E-state index in [1.165, 1.54) is 0 Å². The number of benzene rings is 1. The lowest BCUT2D eigenvalue weighted by Crippen LogP contribution is -2.34. The van der Waals surface area contributed by atoms with Crippen LogP contribution in [0.5, 0.6) is 0 Å². The Bertz CT molecular complexity index is 363. The summed E-state index contributed by atoms with van der Waals surface area (Å²) in [4.78, 5) is 12.0. The van der Waals surface area contributed by atoms with Crippen LogP contribution in [0.2, 0.25) is 0 Å². The van der Waals surface area contributed by atoms with Crippen molar-refractivity contribution in [2.45, 2.75) is 13.0 Å². The third-order valence-electron chi connectivity index (χ3n) is 3.04. The zero-order valence-corrected chi connectivity index (χ0v) is 10.1. The SMILES string of the molecule is C[C@@H]1CSC[C@@H]([C@@H](O)c2ccccc2)C1=O. The average Bonchev–Trinajstić information content (AvgIpc) is 2.33. The van der Waals surface area contributed by atoms with Crippen LogP contribution in [0.4, 0.5) is 0 Å². The highest BCUT2D eigenvalue weighted by Gasteiger charge is 2.34. The van der Waals surface area contributed by atoms with Crippen molar-refractivity contribution in [3.05, 3.63) is 35.9 Å². The van der Waals surface area contributed by atoms with E-state index in [2.05, 4.69) is 0 Å². The second kappa shape index (κ2) is 5.02. The molecule has 2 rings (SSSR count). The lowest BCUT2D eigenvalue weighted by atomic mass is 9.88. The van der Waals surface area contributed by atoms with Crippen molar-refractivity contribution in [3.8, 4) is 0 Å². The molecule has 0 unspecified atom stereocenters. The molecule has 1 heterocycles. The lowest BCUT2D eigenvalue weighted by Gasteiger charge is -2.28. The number of aliphatic hydroxyl groups is 1. The number of hydrogen-bond acceptors (Lipinski definition) is 3.